The van der Waals surface area contributed by atoms with Gasteiger partial charge in [-0.3, -0.25) is 4.79 Å². The molecule has 0 bridgehead atoms. The zero-order chi connectivity index (χ0) is 21.5. The molecule has 6 nitrogen and oxygen atoms in total. The van der Waals surface area contributed by atoms with Crippen molar-refractivity contribution in [3.05, 3.63) is 59.4 Å². The van der Waals surface area contributed by atoms with E-state index in [1.807, 2.05) is 63.2 Å². The van der Waals surface area contributed by atoms with Crippen LogP contribution in [0.4, 0.5) is 0 Å². The minimum Gasteiger partial charge on any atom is -0.494 e. The highest BCUT2D eigenvalue weighted by atomic mass is 35.5. The lowest BCUT2D eigenvalue weighted by Gasteiger charge is -2.25. The summed E-state index contributed by atoms with van der Waals surface area (Å²) in [6.45, 7) is 6.75. The largest absolute Gasteiger partial charge is 0.494 e. The van der Waals surface area contributed by atoms with Crippen molar-refractivity contribution >= 4 is 29.3 Å². The van der Waals surface area contributed by atoms with Gasteiger partial charge >= 0.3 is 0 Å². The Labute approximate surface area is 185 Å². The Morgan fingerprint density at radius 1 is 1.17 bits per heavy atom. The Hall–Kier alpha value is -2.51. The van der Waals surface area contributed by atoms with E-state index >= 15 is 0 Å². The lowest BCUT2D eigenvalue weighted by molar-refractivity contribution is -0.131. The van der Waals surface area contributed by atoms with E-state index in [1.165, 1.54) is 11.8 Å². The maximum absolute atomic E-state index is 12.8. The number of carbonyl (C=O) groups is 1. The van der Waals surface area contributed by atoms with Crippen LogP contribution in [0.2, 0.25) is 5.02 Å². The van der Waals surface area contributed by atoms with Gasteiger partial charge in [-0.15, -0.1) is 22.0 Å². The zero-order valence-corrected chi connectivity index (χ0v) is 18.7. The van der Waals surface area contributed by atoms with Crippen LogP contribution in [0.15, 0.2) is 57.8 Å². The fourth-order valence-corrected chi connectivity index (χ4v) is 3.79. The molecule has 1 aromatic heterocycles. The van der Waals surface area contributed by atoms with E-state index in [4.69, 9.17) is 20.8 Å². The monoisotopic (exact) mass is 445 g/mol. The number of benzene rings is 2. The third-order valence-corrected chi connectivity index (χ3v) is 5.64. The standard InChI is InChI=1S/C22H24ClN3O3S/c1-4-28-16-9-11-17(12-10-16)30-14-21(27)26(15(2)3)13-20-24-25-22(29-20)18-7-5-6-8-19(18)23/h5-12,15H,4,13-14H2,1-3H3. The summed E-state index contributed by atoms with van der Waals surface area (Å²) in [5.74, 6) is 1.86. The molecule has 0 N–H and O–H groups in total. The molecule has 0 aliphatic heterocycles. The van der Waals surface area contributed by atoms with Gasteiger partial charge in [-0.25, -0.2) is 0 Å². The summed E-state index contributed by atoms with van der Waals surface area (Å²) in [7, 11) is 0. The molecule has 0 saturated heterocycles. The first-order valence-corrected chi connectivity index (χ1v) is 11.1. The molecular formula is C22H24ClN3O3S. The summed E-state index contributed by atoms with van der Waals surface area (Å²) in [6.07, 6.45) is 0. The second-order valence-electron chi connectivity index (χ2n) is 6.79. The number of nitrogens with zero attached hydrogens (tertiary/aromatic N) is 3. The third kappa shape index (κ3) is 5.77. The highest BCUT2D eigenvalue weighted by molar-refractivity contribution is 8.00. The molecule has 1 amide bonds. The Balaban J connectivity index is 1.63. The van der Waals surface area contributed by atoms with Crippen LogP contribution in [0, 0.1) is 0 Å². The molecule has 0 spiro atoms. The van der Waals surface area contributed by atoms with E-state index in [0.717, 1.165) is 10.6 Å². The first kappa shape index (κ1) is 22.2. The van der Waals surface area contributed by atoms with Gasteiger partial charge in [0, 0.05) is 10.9 Å². The van der Waals surface area contributed by atoms with Crippen molar-refractivity contribution in [3.8, 4) is 17.2 Å². The van der Waals surface area contributed by atoms with Gasteiger partial charge in [-0.05, 0) is 57.2 Å². The molecule has 3 rings (SSSR count). The Kier molecular flexibility index (Phi) is 7.76. The lowest BCUT2D eigenvalue weighted by atomic mass is 10.2. The van der Waals surface area contributed by atoms with Crippen molar-refractivity contribution in [2.75, 3.05) is 12.4 Å². The van der Waals surface area contributed by atoms with Gasteiger partial charge in [0.25, 0.3) is 0 Å². The second kappa shape index (κ2) is 10.5. The summed E-state index contributed by atoms with van der Waals surface area (Å²) < 4.78 is 11.2. The smallest absolute Gasteiger partial charge is 0.249 e. The van der Waals surface area contributed by atoms with Crippen LogP contribution in [-0.2, 0) is 11.3 Å². The van der Waals surface area contributed by atoms with Gasteiger partial charge in [0.1, 0.15) is 5.75 Å². The Morgan fingerprint density at radius 3 is 2.57 bits per heavy atom. The molecule has 8 heteroatoms. The lowest BCUT2D eigenvalue weighted by Crippen LogP contribution is -2.37. The van der Waals surface area contributed by atoms with E-state index in [-0.39, 0.29) is 18.5 Å². The third-order valence-electron chi connectivity index (χ3n) is 4.32. The molecule has 2 aromatic carbocycles. The average Bonchev–Trinajstić information content (AvgIpc) is 3.20. The van der Waals surface area contributed by atoms with Crippen molar-refractivity contribution in [2.24, 2.45) is 0 Å². The molecule has 0 saturated carbocycles. The minimum atomic E-state index is -0.00547. The molecule has 0 aliphatic rings. The number of hydrogen-bond donors (Lipinski definition) is 0. The highest BCUT2D eigenvalue weighted by Crippen LogP contribution is 2.27. The number of rotatable bonds is 9. The van der Waals surface area contributed by atoms with Crippen molar-refractivity contribution in [1.29, 1.82) is 0 Å². The van der Waals surface area contributed by atoms with Gasteiger partial charge in [-0.1, -0.05) is 23.7 Å². The summed E-state index contributed by atoms with van der Waals surface area (Å²) in [4.78, 5) is 15.6. The van der Waals surface area contributed by atoms with Crippen LogP contribution in [-0.4, -0.2) is 39.4 Å². The van der Waals surface area contributed by atoms with Gasteiger partial charge in [0.15, 0.2) is 0 Å². The van der Waals surface area contributed by atoms with Crippen LogP contribution in [0.25, 0.3) is 11.5 Å². The number of halogens is 1. The second-order valence-corrected chi connectivity index (χ2v) is 8.25. The van der Waals surface area contributed by atoms with Gasteiger partial charge in [0.2, 0.25) is 17.7 Å². The summed E-state index contributed by atoms with van der Waals surface area (Å²) in [6, 6.07) is 15.0. The number of hydrogen-bond acceptors (Lipinski definition) is 6. The SMILES string of the molecule is CCOc1ccc(SCC(=O)N(Cc2nnc(-c3ccccc3Cl)o2)C(C)C)cc1. The molecule has 1 heterocycles. The average molecular weight is 446 g/mol. The molecule has 0 aliphatic carbocycles. The van der Waals surface area contributed by atoms with Crippen LogP contribution in [0.1, 0.15) is 26.7 Å². The first-order chi connectivity index (χ1) is 14.5. The van der Waals surface area contributed by atoms with Crippen molar-refractivity contribution in [2.45, 2.75) is 38.3 Å². The van der Waals surface area contributed by atoms with Crippen molar-refractivity contribution in [3.63, 3.8) is 0 Å². The molecular weight excluding hydrogens is 422 g/mol. The van der Waals surface area contributed by atoms with Crippen LogP contribution < -0.4 is 4.74 Å². The number of amides is 1. The Morgan fingerprint density at radius 2 is 1.90 bits per heavy atom. The fourth-order valence-electron chi connectivity index (χ4n) is 2.79. The zero-order valence-electron chi connectivity index (χ0n) is 17.2. The fraction of sp³-hybridized carbons (Fsp3) is 0.318. The van der Waals surface area contributed by atoms with E-state index in [9.17, 15) is 4.79 Å². The molecule has 3 aromatic rings. The summed E-state index contributed by atoms with van der Waals surface area (Å²) in [5, 5.41) is 8.71. The summed E-state index contributed by atoms with van der Waals surface area (Å²) in [5.41, 5.74) is 0.673. The quantitative estimate of drug-likeness (QED) is 0.415. The van der Waals surface area contributed by atoms with Crippen LogP contribution in [0.3, 0.4) is 0 Å². The number of aromatic nitrogens is 2. The van der Waals surface area contributed by atoms with E-state index in [2.05, 4.69) is 10.2 Å². The van der Waals surface area contributed by atoms with Gasteiger partial charge < -0.3 is 14.1 Å². The van der Waals surface area contributed by atoms with Crippen LogP contribution >= 0.6 is 23.4 Å². The summed E-state index contributed by atoms with van der Waals surface area (Å²) >= 11 is 7.68. The van der Waals surface area contributed by atoms with E-state index in [1.54, 1.807) is 11.0 Å². The Bertz CT molecular complexity index is 976. The predicted octanol–water partition coefficient (Wildman–Crippen LogP) is 5.32. The number of carbonyl (C=O) groups excluding carboxylic acids is 1. The molecule has 0 atom stereocenters. The normalized spacial score (nSPS) is 11.0. The highest BCUT2D eigenvalue weighted by Gasteiger charge is 2.21. The maximum Gasteiger partial charge on any atom is 0.249 e. The molecule has 158 valence electrons. The molecule has 0 fully saturated rings. The number of ether oxygens (including phenoxy) is 1. The first-order valence-electron chi connectivity index (χ1n) is 9.70. The predicted molar refractivity (Wildman–Crippen MR) is 119 cm³/mol. The topological polar surface area (TPSA) is 68.5 Å². The van der Waals surface area contributed by atoms with Gasteiger partial charge in [0.05, 0.1) is 29.5 Å². The maximum atomic E-state index is 12.8. The van der Waals surface area contributed by atoms with Crippen LogP contribution in [0.5, 0.6) is 5.75 Å². The van der Waals surface area contributed by atoms with Gasteiger partial charge in [-0.2, -0.15) is 0 Å². The van der Waals surface area contributed by atoms with E-state index in [0.29, 0.717) is 34.7 Å². The molecule has 0 unspecified atom stereocenters. The number of thioether (sulfide) groups is 1. The van der Waals surface area contributed by atoms with Crippen molar-refractivity contribution in [1.82, 2.24) is 15.1 Å². The van der Waals surface area contributed by atoms with Crippen molar-refractivity contribution < 1.29 is 13.9 Å². The minimum absolute atomic E-state index is 0.00128. The van der Waals surface area contributed by atoms with E-state index < -0.39 is 0 Å². The molecule has 0 radical (unpaired) electrons. The molecule has 30 heavy (non-hydrogen) atoms.